The zero-order valence-corrected chi connectivity index (χ0v) is 21.8. The van der Waals surface area contributed by atoms with Crippen LogP contribution in [0.15, 0.2) is 29.3 Å². The third-order valence-corrected chi connectivity index (χ3v) is 7.05. The molecule has 2 aromatic rings. The highest BCUT2D eigenvalue weighted by atomic mass is 127. The third kappa shape index (κ3) is 6.53. The number of nitrogens with zero attached hydrogens (tertiary/aromatic N) is 5. The van der Waals surface area contributed by atoms with Gasteiger partial charge < -0.3 is 19.5 Å². The van der Waals surface area contributed by atoms with Crippen molar-refractivity contribution < 1.29 is 13.2 Å². The SMILES string of the molecule is CN=C(NCc1nc2ccccc2n1C)N1CCN(S(=O)(=O)CCOC(C)C)CC1.I. The number of ether oxygens (including phenoxy) is 1. The van der Waals surface area contributed by atoms with Crippen molar-refractivity contribution in [2.45, 2.75) is 26.5 Å². The number of piperazine rings is 1. The Labute approximate surface area is 201 Å². The van der Waals surface area contributed by atoms with E-state index < -0.39 is 10.0 Å². The van der Waals surface area contributed by atoms with Crippen LogP contribution in [-0.4, -0.2) is 84.8 Å². The largest absolute Gasteiger partial charge is 0.378 e. The van der Waals surface area contributed by atoms with Gasteiger partial charge in [0.05, 0.1) is 36.0 Å². The maximum Gasteiger partial charge on any atom is 0.216 e. The number of hydrogen-bond donors (Lipinski definition) is 1. The van der Waals surface area contributed by atoms with E-state index in [2.05, 4.69) is 24.8 Å². The molecule has 174 valence electrons. The Bertz CT molecular complexity index is 984. The van der Waals surface area contributed by atoms with Crippen LogP contribution >= 0.6 is 24.0 Å². The molecular weight excluding hydrogens is 531 g/mol. The maximum atomic E-state index is 12.5. The predicted molar refractivity (Wildman–Crippen MR) is 134 cm³/mol. The minimum Gasteiger partial charge on any atom is -0.378 e. The first kappa shape index (κ1) is 25.8. The first-order valence-corrected chi connectivity index (χ1v) is 11.9. The summed E-state index contributed by atoms with van der Waals surface area (Å²) in [5.41, 5.74) is 2.05. The maximum absolute atomic E-state index is 12.5. The molecule has 9 nitrogen and oxygen atoms in total. The van der Waals surface area contributed by atoms with E-state index in [0.717, 1.165) is 22.8 Å². The molecule has 1 fully saturated rings. The molecule has 31 heavy (non-hydrogen) atoms. The van der Waals surface area contributed by atoms with Crippen LogP contribution in [0.5, 0.6) is 0 Å². The summed E-state index contributed by atoms with van der Waals surface area (Å²) < 4.78 is 34.0. The van der Waals surface area contributed by atoms with Crippen molar-refractivity contribution in [1.29, 1.82) is 0 Å². The predicted octanol–water partition coefficient (Wildman–Crippen LogP) is 1.64. The standard InChI is InChI=1S/C20H32N6O3S.HI/c1-16(2)29-13-14-30(27,28)26-11-9-25(10-12-26)20(21-3)22-15-19-23-17-7-5-6-8-18(17)24(19)4;/h5-8,16H,9-15H2,1-4H3,(H,21,22);1H. The lowest BCUT2D eigenvalue weighted by Gasteiger charge is -2.35. The first-order chi connectivity index (χ1) is 14.3. The summed E-state index contributed by atoms with van der Waals surface area (Å²) in [6.07, 6.45) is 0.0303. The zero-order valence-electron chi connectivity index (χ0n) is 18.6. The van der Waals surface area contributed by atoms with Gasteiger partial charge in [0.1, 0.15) is 5.82 Å². The number of benzene rings is 1. The Balaban J connectivity index is 0.00000341. The number of aliphatic imine (C=N–C) groups is 1. The molecule has 1 N–H and O–H groups in total. The zero-order chi connectivity index (χ0) is 21.7. The molecule has 0 bridgehead atoms. The minimum absolute atomic E-state index is 0. The van der Waals surface area contributed by atoms with Crippen LogP contribution in [0.4, 0.5) is 0 Å². The van der Waals surface area contributed by atoms with E-state index in [4.69, 9.17) is 4.74 Å². The summed E-state index contributed by atoms with van der Waals surface area (Å²) in [7, 11) is 0.439. The van der Waals surface area contributed by atoms with Gasteiger partial charge in [-0.05, 0) is 26.0 Å². The average Bonchev–Trinajstić information content (AvgIpc) is 3.04. The molecular formula is C20H33IN6O3S. The van der Waals surface area contributed by atoms with E-state index in [1.54, 1.807) is 11.4 Å². The Morgan fingerprint density at radius 2 is 1.90 bits per heavy atom. The highest BCUT2D eigenvalue weighted by Gasteiger charge is 2.28. The van der Waals surface area contributed by atoms with Crippen LogP contribution in [-0.2, 0) is 28.4 Å². The van der Waals surface area contributed by atoms with Crippen molar-refractivity contribution in [3.63, 3.8) is 0 Å². The van der Waals surface area contributed by atoms with Gasteiger partial charge in [0.25, 0.3) is 0 Å². The van der Waals surface area contributed by atoms with Crippen molar-refractivity contribution in [2.75, 3.05) is 45.6 Å². The Morgan fingerprint density at radius 3 is 2.52 bits per heavy atom. The van der Waals surface area contributed by atoms with E-state index in [-0.39, 0.29) is 42.4 Å². The Kier molecular flexibility index (Phi) is 9.52. The van der Waals surface area contributed by atoms with Crippen LogP contribution < -0.4 is 5.32 Å². The van der Waals surface area contributed by atoms with Gasteiger partial charge in [0.2, 0.25) is 10.0 Å². The molecule has 0 radical (unpaired) electrons. The number of nitrogens with one attached hydrogen (secondary N) is 1. The molecule has 2 heterocycles. The van der Waals surface area contributed by atoms with Crippen LogP contribution in [0.1, 0.15) is 19.7 Å². The molecule has 0 unspecified atom stereocenters. The Morgan fingerprint density at radius 1 is 1.23 bits per heavy atom. The topological polar surface area (TPSA) is 92.1 Å². The molecule has 0 atom stereocenters. The summed E-state index contributed by atoms with van der Waals surface area (Å²) in [5, 5.41) is 3.36. The van der Waals surface area contributed by atoms with Gasteiger partial charge in [-0.25, -0.2) is 13.4 Å². The number of hydrogen-bond acceptors (Lipinski definition) is 5. The third-order valence-electron chi connectivity index (χ3n) is 5.22. The minimum atomic E-state index is -3.30. The van der Waals surface area contributed by atoms with E-state index in [9.17, 15) is 8.42 Å². The highest BCUT2D eigenvalue weighted by molar-refractivity contribution is 14.0. The summed E-state index contributed by atoms with van der Waals surface area (Å²) in [4.78, 5) is 11.1. The molecule has 1 aliphatic heterocycles. The fourth-order valence-electron chi connectivity index (χ4n) is 3.54. The van der Waals surface area contributed by atoms with Crippen LogP contribution in [0, 0.1) is 0 Å². The molecule has 0 aliphatic carbocycles. The van der Waals surface area contributed by atoms with Crippen molar-refractivity contribution in [3.05, 3.63) is 30.1 Å². The van der Waals surface area contributed by atoms with Crippen LogP contribution in [0.3, 0.4) is 0 Å². The lowest BCUT2D eigenvalue weighted by atomic mass is 10.3. The molecule has 0 amide bonds. The average molecular weight is 564 g/mol. The number of fused-ring (bicyclic) bond motifs is 1. The number of aromatic nitrogens is 2. The summed E-state index contributed by atoms with van der Waals surface area (Å²) in [6.45, 7) is 6.63. The van der Waals surface area contributed by atoms with Gasteiger partial charge in [-0.2, -0.15) is 4.31 Å². The van der Waals surface area contributed by atoms with Gasteiger partial charge in [-0.3, -0.25) is 4.99 Å². The van der Waals surface area contributed by atoms with Crippen molar-refractivity contribution >= 4 is 51.0 Å². The summed E-state index contributed by atoms with van der Waals surface area (Å²) >= 11 is 0. The molecule has 1 aliphatic rings. The smallest absolute Gasteiger partial charge is 0.216 e. The van der Waals surface area contributed by atoms with Crippen molar-refractivity contribution in [2.24, 2.45) is 12.0 Å². The number of guanidine groups is 1. The lowest BCUT2D eigenvalue weighted by molar-refractivity contribution is 0.0904. The second kappa shape index (κ2) is 11.4. The van der Waals surface area contributed by atoms with E-state index in [1.807, 2.05) is 45.2 Å². The molecule has 1 saturated heterocycles. The van der Waals surface area contributed by atoms with E-state index in [1.165, 1.54) is 0 Å². The number of para-hydroxylation sites is 2. The summed E-state index contributed by atoms with van der Waals surface area (Å²) in [5.74, 6) is 1.69. The number of rotatable bonds is 7. The van der Waals surface area contributed by atoms with Gasteiger partial charge in [-0.15, -0.1) is 24.0 Å². The molecule has 1 aromatic heterocycles. The second-order valence-corrected chi connectivity index (χ2v) is 9.69. The first-order valence-electron chi connectivity index (χ1n) is 10.3. The number of aryl methyl sites for hydroxylation is 1. The normalized spacial score (nSPS) is 16.0. The fourth-order valence-corrected chi connectivity index (χ4v) is 4.82. The fraction of sp³-hybridized carbons (Fsp3) is 0.600. The lowest BCUT2D eigenvalue weighted by Crippen LogP contribution is -2.54. The van der Waals surface area contributed by atoms with Crippen LogP contribution in [0.2, 0.25) is 0 Å². The Hall–Kier alpha value is -1.44. The van der Waals surface area contributed by atoms with E-state index in [0.29, 0.717) is 32.7 Å². The van der Waals surface area contributed by atoms with E-state index >= 15 is 0 Å². The molecule has 1 aromatic carbocycles. The van der Waals surface area contributed by atoms with Gasteiger partial charge in [0.15, 0.2) is 5.96 Å². The molecule has 0 spiro atoms. The number of imidazole rings is 1. The quantitative estimate of drug-likeness (QED) is 0.313. The molecule has 11 heteroatoms. The molecule has 0 saturated carbocycles. The van der Waals surface area contributed by atoms with Gasteiger partial charge in [-0.1, -0.05) is 12.1 Å². The number of sulfonamides is 1. The van der Waals surface area contributed by atoms with Crippen molar-refractivity contribution in [3.8, 4) is 0 Å². The van der Waals surface area contributed by atoms with Crippen LogP contribution in [0.25, 0.3) is 11.0 Å². The van der Waals surface area contributed by atoms with Crippen molar-refractivity contribution in [1.82, 2.24) is 24.1 Å². The van der Waals surface area contributed by atoms with Gasteiger partial charge in [0, 0.05) is 40.3 Å². The monoisotopic (exact) mass is 564 g/mol. The highest BCUT2D eigenvalue weighted by Crippen LogP contribution is 2.14. The number of halogens is 1. The second-order valence-electron chi connectivity index (χ2n) is 7.60. The van der Waals surface area contributed by atoms with Gasteiger partial charge >= 0.3 is 0 Å². The summed E-state index contributed by atoms with van der Waals surface area (Å²) in [6, 6.07) is 8.03. The molecule has 3 rings (SSSR count).